The number of methoxy groups -OCH3 is 1. The van der Waals surface area contributed by atoms with Gasteiger partial charge in [-0.2, -0.15) is 0 Å². The third kappa shape index (κ3) is 5.47. The second kappa shape index (κ2) is 11.3. The average Bonchev–Trinajstić information content (AvgIpc) is 3.31. The minimum Gasteiger partial charge on any atom is -0.493 e. The maximum Gasteiger partial charge on any atom is 0.254 e. The van der Waals surface area contributed by atoms with Crippen LogP contribution in [0.15, 0.2) is 48.7 Å². The molecule has 1 amide bonds. The minimum absolute atomic E-state index is 0.0550. The van der Waals surface area contributed by atoms with Crippen LogP contribution >= 0.6 is 0 Å². The highest BCUT2D eigenvalue weighted by atomic mass is 16.7. The molecule has 40 heavy (non-hydrogen) atoms. The van der Waals surface area contributed by atoms with Crippen LogP contribution in [-0.4, -0.2) is 72.4 Å². The third-order valence-electron chi connectivity index (χ3n) is 8.64. The molecule has 2 atom stereocenters. The monoisotopic (exact) mass is 544 g/mol. The lowest BCUT2D eigenvalue weighted by Crippen LogP contribution is -2.54. The van der Waals surface area contributed by atoms with Gasteiger partial charge in [0.05, 0.1) is 19.3 Å². The Morgan fingerprint density at radius 3 is 2.75 bits per heavy atom. The lowest BCUT2D eigenvalue weighted by Gasteiger charge is -2.42. The molecular formula is C32H40N4O4. The SMILES string of the molecule is CCC1(C)Oc2cc(C(=O)N(Cc3cc4ccccc4cn3)C[C@@H]3CCCCN3CC3CNC3)cc(OC)c2O1. The first kappa shape index (κ1) is 26.8. The lowest BCUT2D eigenvalue weighted by molar-refractivity contribution is -0.0647. The number of fused-ring (bicyclic) bond motifs is 2. The Morgan fingerprint density at radius 2 is 2.00 bits per heavy atom. The summed E-state index contributed by atoms with van der Waals surface area (Å²) in [6.07, 6.45) is 6.06. The number of ether oxygens (including phenoxy) is 3. The van der Waals surface area contributed by atoms with Crippen LogP contribution in [0.5, 0.6) is 17.2 Å². The molecule has 1 aromatic heterocycles. The van der Waals surface area contributed by atoms with E-state index in [0.29, 0.717) is 54.3 Å². The first-order chi connectivity index (χ1) is 19.4. The van der Waals surface area contributed by atoms with Crippen LogP contribution in [0.2, 0.25) is 0 Å². The molecule has 2 saturated heterocycles. The summed E-state index contributed by atoms with van der Waals surface area (Å²) < 4.78 is 17.9. The van der Waals surface area contributed by atoms with Crippen LogP contribution in [0.3, 0.4) is 0 Å². The van der Waals surface area contributed by atoms with Gasteiger partial charge in [0.25, 0.3) is 5.91 Å². The second-order valence-electron chi connectivity index (χ2n) is 11.6. The molecule has 3 aliphatic heterocycles. The van der Waals surface area contributed by atoms with Gasteiger partial charge in [0.1, 0.15) is 0 Å². The Morgan fingerprint density at radius 1 is 1.18 bits per heavy atom. The van der Waals surface area contributed by atoms with Crippen LogP contribution in [0.25, 0.3) is 10.8 Å². The fraction of sp³-hybridized carbons (Fsp3) is 0.500. The Balaban J connectivity index is 1.31. The summed E-state index contributed by atoms with van der Waals surface area (Å²) in [4.78, 5) is 23.6. The molecule has 2 aromatic carbocycles. The molecule has 1 unspecified atom stereocenters. The van der Waals surface area contributed by atoms with Crippen LogP contribution < -0.4 is 19.5 Å². The maximum absolute atomic E-state index is 14.3. The number of carbonyl (C=O) groups excluding carboxylic acids is 1. The maximum atomic E-state index is 14.3. The van der Waals surface area contributed by atoms with Crippen molar-refractivity contribution in [3.63, 3.8) is 0 Å². The van der Waals surface area contributed by atoms with Crippen molar-refractivity contribution in [2.45, 2.75) is 57.9 Å². The second-order valence-corrected chi connectivity index (χ2v) is 11.6. The van der Waals surface area contributed by atoms with E-state index in [2.05, 4.69) is 28.4 Å². The number of nitrogens with zero attached hydrogens (tertiary/aromatic N) is 3. The van der Waals surface area contributed by atoms with Crippen molar-refractivity contribution in [3.05, 3.63) is 59.9 Å². The smallest absolute Gasteiger partial charge is 0.254 e. The minimum atomic E-state index is -0.773. The van der Waals surface area contributed by atoms with Crippen LogP contribution in [0, 0.1) is 5.92 Å². The van der Waals surface area contributed by atoms with Crippen molar-refractivity contribution in [2.24, 2.45) is 5.92 Å². The van der Waals surface area contributed by atoms with Crippen molar-refractivity contribution in [1.29, 1.82) is 0 Å². The number of likely N-dealkylation sites (tertiary alicyclic amines) is 1. The Hall–Kier alpha value is -3.36. The highest BCUT2D eigenvalue weighted by molar-refractivity contribution is 5.96. The molecule has 0 aliphatic carbocycles. The quantitative estimate of drug-likeness (QED) is 0.412. The van der Waals surface area contributed by atoms with Crippen molar-refractivity contribution in [2.75, 3.05) is 39.8 Å². The van der Waals surface area contributed by atoms with Gasteiger partial charge in [-0.1, -0.05) is 37.6 Å². The summed E-state index contributed by atoms with van der Waals surface area (Å²) in [5, 5.41) is 5.62. The fourth-order valence-electron chi connectivity index (χ4n) is 6.03. The topological polar surface area (TPSA) is 76.2 Å². The zero-order valence-corrected chi connectivity index (χ0v) is 23.8. The molecule has 0 radical (unpaired) electrons. The summed E-state index contributed by atoms with van der Waals surface area (Å²) in [6.45, 7) is 9.34. The summed E-state index contributed by atoms with van der Waals surface area (Å²) in [5.74, 6) is 1.48. The summed E-state index contributed by atoms with van der Waals surface area (Å²) in [6, 6.07) is 14.2. The van der Waals surface area contributed by atoms with Gasteiger partial charge in [-0.25, -0.2) is 0 Å². The van der Waals surface area contributed by atoms with E-state index in [1.165, 1.54) is 12.8 Å². The molecule has 1 N–H and O–H groups in total. The Bertz CT molecular complexity index is 1380. The zero-order valence-electron chi connectivity index (χ0n) is 23.8. The summed E-state index contributed by atoms with van der Waals surface area (Å²) >= 11 is 0. The normalized spacial score (nSPS) is 22.7. The van der Waals surface area contributed by atoms with Crippen molar-refractivity contribution < 1.29 is 19.0 Å². The van der Waals surface area contributed by atoms with E-state index in [1.807, 2.05) is 37.1 Å². The van der Waals surface area contributed by atoms with Gasteiger partial charge >= 0.3 is 0 Å². The molecule has 2 fully saturated rings. The number of piperidine rings is 1. The number of carbonyl (C=O) groups is 1. The van der Waals surface area contributed by atoms with Crippen molar-refractivity contribution in [3.8, 4) is 17.2 Å². The molecule has 212 valence electrons. The number of nitrogens with one attached hydrogen (secondary N) is 1. The van der Waals surface area contributed by atoms with Gasteiger partial charge in [0.15, 0.2) is 11.5 Å². The van der Waals surface area contributed by atoms with Gasteiger partial charge < -0.3 is 24.4 Å². The average molecular weight is 545 g/mol. The molecule has 0 spiro atoms. The van der Waals surface area contributed by atoms with E-state index in [-0.39, 0.29) is 5.91 Å². The highest BCUT2D eigenvalue weighted by Gasteiger charge is 2.38. The molecule has 8 nitrogen and oxygen atoms in total. The van der Waals surface area contributed by atoms with E-state index in [1.54, 1.807) is 19.2 Å². The number of aromatic nitrogens is 1. The predicted octanol–water partition coefficient (Wildman–Crippen LogP) is 4.86. The van der Waals surface area contributed by atoms with Crippen molar-refractivity contribution in [1.82, 2.24) is 20.1 Å². The number of pyridine rings is 1. The fourth-order valence-corrected chi connectivity index (χ4v) is 6.03. The third-order valence-corrected chi connectivity index (χ3v) is 8.64. The van der Waals surface area contributed by atoms with Gasteiger partial charge in [-0.3, -0.25) is 14.7 Å². The number of hydrogen-bond acceptors (Lipinski definition) is 7. The van der Waals surface area contributed by atoms with Crippen molar-refractivity contribution >= 4 is 16.7 Å². The van der Waals surface area contributed by atoms with Gasteiger partial charge in [-0.15, -0.1) is 0 Å². The number of amides is 1. The first-order valence-corrected chi connectivity index (χ1v) is 14.6. The van der Waals surface area contributed by atoms with E-state index in [0.717, 1.165) is 49.1 Å². The number of benzene rings is 2. The Kier molecular flexibility index (Phi) is 7.55. The molecular weight excluding hydrogens is 504 g/mol. The largest absolute Gasteiger partial charge is 0.493 e. The van der Waals surface area contributed by atoms with Crippen LogP contribution in [0.4, 0.5) is 0 Å². The van der Waals surface area contributed by atoms with Crippen LogP contribution in [0.1, 0.15) is 55.6 Å². The molecule has 3 aliphatic rings. The molecule has 6 rings (SSSR count). The Labute approximate surface area is 236 Å². The van der Waals surface area contributed by atoms with Crippen LogP contribution in [-0.2, 0) is 6.54 Å². The molecule has 8 heteroatoms. The number of hydrogen-bond donors (Lipinski definition) is 1. The van der Waals surface area contributed by atoms with E-state index >= 15 is 0 Å². The highest BCUT2D eigenvalue weighted by Crippen LogP contribution is 2.47. The zero-order chi connectivity index (χ0) is 27.7. The van der Waals surface area contributed by atoms with Gasteiger partial charge in [0.2, 0.25) is 11.5 Å². The first-order valence-electron chi connectivity index (χ1n) is 14.6. The van der Waals surface area contributed by atoms with E-state index < -0.39 is 5.79 Å². The molecule has 0 saturated carbocycles. The predicted molar refractivity (Wildman–Crippen MR) is 155 cm³/mol. The summed E-state index contributed by atoms with van der Waals surface area (Å²) in [7, 11) is 1.60. The molecule has 4 heterocycles. The van der Waals surface area contributed by atoms with E-state index in [4.69, 9.17) is 19.2 Å². The molecule has 3 aromatic rings. The van der Waals surface area contributed by atoms with Gasteiger partial charge in [0, 0.05) is 62.7 Å². The molecule has 0 bridgehead atoms. The summed E-state index contributed by atoms with van der Waals surface area (Å²) in [5.41, 5.74) is 1.41. The van der Waals surface area contributed by atoms with E-state index in [9.17, 15) is 4.79 Å². The van der Waals surface area contributed by atoms with Gasteiger partial charge in [-0.05, 0) is 48.9 Å². The number of rotatable bonds is 9. The standard InChI is InChI=1S/C32H40N4O4/c1-4-32(2)39-29-15-25(14-28(38-3)30(29)40-32)31(37)36(20-26-13-23-9-5-6-10-24(23)18-34-26)21-27-11-7-8-12-35(27)19-22-16-33-17-22/h5-6,9-10,13-15,18,22,27,33H,4,7-8,11-12,16-17,19-21H2,1-3H3/t27-,32?/m0/s1. The lowest BCUT2D eigenvalue weighted by atomic mass is 9.96.